The molecule has 0 spiro atoms. The molecule has 1 unspecified atom stereocenters. The number of hydrogen-bond acceptors (Lipinski definition) is 8. The highest BCUT2D eigenvalue weighted by atomic mass is 32.2. The van der Waals surface area contributed by atoms with E-state index < -0.39 is 39.7 Å². The number of methoxy groups -OCH3 is 1. The summed E-state index contributed by atoms with van der Waals surface area (Å²) >= 11 is 0. The van der Waals surface area contributed by atoms with Gasteiger partial charge in [0.1, 0.15) is 11.3 Å². The van der Waals surface area contributed by atoms with Crippen LogP contribution in [0, 0.1) is 6.92 Å². The minimum atomic E-state index is -4.77. The van der Waals surface area contributed by atoms with Gasteiger partial charge in [-0.05, 0) is 55.8 Å². The van der Waals surface area contributed by atoms with Crippen LogP contribution >= 0.6 is 0 Å². The van der Waals surface area contributed by atoms with Crippen LogP contribution in [0.4, 0.5) is 13.2 Å². The number of halogens is 3. The Morgan fingerprint density at radius 1 is 1.16 bits per heavy atom. The maximum absolute atomic E-state index is 14.3. The summed E-state index contributed by atoms with van der Waals surface area (Å²) in [7, 11) is -1.97. The summed E-state index contributed by atoms with van der Waals surface area (Å²) < 4.78 is 73.0. The summed E-state index contributed by atoms with van der Waals surface area (Å²) in [4.78, 5) is 22.0. The van der Waals surface area contributed by atoms with Crippen LogP contribution in [0.15, 0.2) is 59.6 Å². The van der Waals surface area contributed by atoms with Crippen LogP contribution in [0.25, 0.3) is 16.9 Å². The molecule has 2 aromatic heterocycles. The average molecular weight is 632 g/mol. The zero-order chi connectivity index (χ0) is 32.0. The van der Waals surface area contributed by atoms with Gasteiger partial charge in [-0.25, -0.2) is 17.9 Å². The van der Waals surface area contributed by atoms with Gasteiger partial charge in [-0.3, -0.25) is 9.69 Å². The molecule has 1 aliphatic heterocycles. The molecular formula is C30H32F3N5O5S. The number of rotatable bonds is 7. The van der Waals surface area contributed by atoms with E-state index in [1.807, 2.05) is 4.90 Å². The molecule has 2 atom stereocenters. The number of carbonyl (C=O) groups is 1. The first-order valence-corrected chi connectivity index (χ1v) is 15.7. The minimum Gasteiger partial charge on any atom is -0.497 e. The smallest absolute Gasteiger partial charge is 0.433 e. The van der Waals surface area contributed by atoms with Crippen molar-refractivity contribution in [3.8, 4) is 17.0 Å². The molecule has 1 aliphatic rings. The van der Waals surface area contributed by atoms with Gasteiger partial charge in [0.25, 0.3) is 5.91 Å². The highest BCUT2D eigenvalue weighted by molar-refractivity contribution is 7.90. The summed E-state index contributed by atoms with van der Waals surface area (Å²) in [5.74, 6) is 0.0142. The number of sulfone groups is 1. The van der Waals surface area contributed by atoms with Crippen molar-refractivity contribution in [2.75, 3.05) is 39.6 Å². The van der Waals surface area contributed by atoms with Gasteiger partial charge in [0.15, 0.2) is 21.2 Å². The first kappa shape index (κ1) is 31.4. The first-order chi connectivity index (χ1) is 20.7. The Kier molecular flexibility index (Phi) is 8.44. The van der Waals surface area contributed by atoms with Crippen LogP contribution < -0.4 is 4.74 Å². The minimum absolute atomic E-state index is 0.0647. The molecule has 0 bridgehead atoms. The van der Waals surface area contributed by atoms with Gasteiger partial charge >= 0.3 is 6.18 Å². The van der Waals surface area contributed by atoms with E-state index in [9.17, 15) is 31.5 Å². The number of amides is 1. The van der Waals surface area contributed by atoms with Gasteiger partial charge < -0.3 is 14.7 Å². The van der Waals surface area contributed by atoms with E-state index in [1.165, 1.54) is 26.2 Å². The van der Waals surface area contributed by atoms with E-state index in [-0.39, 0.29) is 40.5 Å². The largest absolute Gasteiger partial charge is 0.497 e. The second kappa shape index (κ2) is 11.8. The number of alkyl halides is 3. The predicted octanol–water partition coefficient (Wildman–Crippen LogP) is 4.02. The van der Waals surface area contributed by atoms with Crippen molar-refractivity contribution >= 4 is 21.4 Å². The summed E-state index contributed by atoms with van der Waals surface area (Å²) in [6, 6.07) is 11.9. The van der Waals surface area contributed by atoms with Crippen LogP contribution in [0.2, 0.25) is 0 Å². The molecule has 1 amide bonds. The zero-order valence-corrected chi connectivity index (χ0v) is 25.4. The Labute approximate surface area is 252 Å². The van der Waals surface area contributed by atoms with Crippen LogP contribution in [0.5, 0.6) is 5.75 Å². The SMILES string of the molecule is COc1ccc(-c2nc3c(C(=O)N4CCN(C(CO)c5cccc(S(C)(=O)=O)c5)C[C@H]4C)cnn3c(C(F)(F)F)c2C)cc1. The van der Waals surface area contributed by atoms with Gasteiger partial charge in [-0.15, -0.1) is 0 Å². The molecule has 44 heavy (non-hydrogen) atoms. The maximum Gasteiger partial charge on any atom is 0.433 e. The summed E-state index contributed by atoms with van der Waals surface area (Å²) in [5.41, 5.74) is -0.309. The third-order valence-corrected chi connectivity index (χ3v) is 9.06. The standard InChI is InChI=1S/C30H32F3N5O5S/c1-18-16-36(25(17-39)21-6-5-7-23(14-21)44(4,41)42)12-13-37(18)29(40)24-15-34-38-27(30(31,32)33)19(2)26(35-28(24)38)20-8-10-22(43-3)11-9-20/h5-11,14-15,18,25,39H,12-13,16-17H2,1-4H3/t18-,25?/m1/s1. The number of aliphatic hydroxyl groups is 1. The Bertz CT molecular complexity index is 1810. The second-order valence-corrected chi connectivity index (χ2v) is 12.9. The molecule has 2 aromatic carbocycles. The van der Waals surface area contributed by atoms with Crippen LogP contribution in [-0.2, 0) is 16.0 Å². The number of benzene rings is 2. The Morgan fingerprint density at radius 2 is 1.86 bits per heavy atom. The maximum atomic E-state index is 14.3. The number of aliphatic hydroxyl groups excluding tert-OH is 1. The number of ether oxygens (including phenoxy) is 1. The molecule has 234 valence electrons. The normalized spacial score (nSPS) is 17.2. The van der Waals surface area contributed by atoms with Crippen molar-refractivity contribution in [2.45, 2.75) is 37.0 Å². The third-order valence-electron chi connectivity index (χ3n) is 7.95. The summed E-state index contributed by atoms with van der Waals surface area (Å²) in [6.45, 7) is 3.72. The monoisotopic (exact) mass is 631 g/mol. The number of hydrogen-bond donors (Lipinski definition) is 1. The highest BCUT2D eigenvalue weighted by Gasteiger charge is 2.40. The highest BCUT2D eigenvalue weighted by Crippen LogP contribution is 2.37. The van der Waals surface area contributed by atoms with E-state index >= 15 is 0 Å². The van der Waals surface area contributed by atoms with E-state index in [4.69, 9.17) is 4.74 Å². The first-order valence-electron chi connectivity index (χ1n) is 13.8. The lowest BCUT2D eigenvalue weighted by atomic mass is 10.0. The van der Waals surface area contributed by atoms with Crippen molar-refractivity contribution in [2.24, 2.45) is 0 Å². The van der Waals surface area contributed by atoms with Crippen LogP contribution in [0.3, 0.4) is 0 Å². The van der Waals surface area contributed by atoms with Crippen LogP contribution in [-0.4, -0.2) is 89.5 Å². The van der Waals surface area contributed by atoms with Crippen molar-refractivity contribution < 1.29 is 36.2 Å². The molecule has 1 saturated heterocycles. The Morgan fingerprint density at radius 3 is 2.45 bits per heavy atom. The van der Waals surface area contributed by atoms with Crippen molar-refractivity contribution in [3.05, 3.63) is 77.1 Å². The quantitative estimate of drug-likeness (QED) is 0.325. The van der Waals surface area contributed by atoms with E-state index in [0.29, 0.717) is 34.5 Å². The van der Waals surface area contributed by atoms with Crippen molar-refractivity contribution in [3.63, 3.8) is 0 Å². The topological polar surface area (TPSA) is 117 Å². The zero-order valence-electron chi connectivity index (χ0n) is 24.5. The van der Waals surface area contributed by atoms with Gasteiger partial charge in [0.2, 0.25) is 0 Å². The van der Waals surface area contributed by atoms with E-state index in [0.717, 1.165) is 12.5 Å². The molecule has 10 nitrogen and oxygen atoms in total. The summed E-state index contributed by atoms with van der Waals surface area (Å²) in [5, 5.41) is 14.2. The second-order valence-electron chi connectivity index (χ2n) is 10.8. The predicted molar refractivity (Wildman–Crippen MR) is 156 cm³/mol. The third kappa shape index (κ3) is 5.88. The lowest BCUT2D eigenvalue weighted by Crippen LogP contribution is -2.55. The van der Waals surface area contributed by atoms with Crippen molar-refractivity contribution in [1.29, 1.82) is 0 Å². The number of carbonyl (C=O) groups excluding carboxylic acids is 1. The fourth-order valence-electron chi connectivity index (χ4n) is 5.70. The van der Waals surface area contributed by atoms with E-state index in [2.05, 4.69) is 10.1 Å². The molecule has 0 radical (unpaired) electrons. The molecule has 14 heteroatoms. The lowest BCUT2D eigenvalue weighted by Gasteiger charge is -2.43. The fraction of sp³-hybridized carbons (Fsp3) is 0.367. The van der Waals surface area contributed by atoms with Crippen molar-refractivity contribution in [1.82, 2.24) is 24.4 Å². The van der Waals surface area contributed by atoms with Gasteiger partial charge in [0.05, 0.1) is 36.5 Å². The van der Waals surface area contributed by atoms with Gasteiger partial charge in [-0.2, -0.15) is 18.3 Å². The lowest BCUT2D eigenvalue weighted by molar-refractivity contribution is -0.143. The molecule has 3 heterocycles. The average Bonchev–Trinajstić information content (AvgIpc) is 3.39. The number of fused-ring (bicyclic) bond motifs is 1. The molecule has 1 fully saturated rings. The van der Waals surface area contributed by atoms with Gasteiger partial charge in [0, 0.05) is 43.1 Å². The number of piperazine rings is 1. The molecule has 1 N–H and O–H groups in total. The molecule has 0 aliphatic carbocycles. The molecule has 0 saturated carbocycles. The molecule has 4 aromatic rings. The molecule has 5 rings (SSSR count). The summed E-state index contributed by atoms with van der Waals surface area (Å²) in [6.07, 6.45) is -2.55. The van der Waals surface area contributed by atoms with Gasteiger partial charge in [-0.1, -0.05) is 12.1 Å². The van der Waals surface area contributed by atoms with Crippen LogP contribution in [0.1, 0.15) is 40.1 Å². The van der Waals surface area contributed by atoms with E-state index in [1.54, 1.807) is 48.2 Å². The Hall–Kier alpha value is -4.01. The number of aromatic nitrogens is 3. The number of nitrogens with zero attached hydrogens (tertiary/aromatic N) is 5. The molecular weight excluding hydrogens is 599 g/mol. The fourth-order valence-corrected chi connectivity index (χ4v) is 6.37. The Balaban J connectivity index is 1.47.